The number of nitrogens with one attached hydrogen (secondary N) is 2. The minimum atomic E-state index is 0.585. The Morgan fingerprint density at radius 1 is 0.625 bits per heavy atom. The van der Waals surface area contributed by atoms with Crippen LogP contribution in [0.1, 0.15) is 0 Å². The number of anilines is 2. The largest absolute Gasteiger partial charge is 0.332 e. The van der Waals surface area contributed by atoms with Gasteiger partial charge >= 0.3 is 0 Å². The van der Waals surface area contributed by atoms with E-state index >= 15 is 0 Å². The molecule has 0 saturated carbocycles. The maximum Gasteiger partial charge on any atom is 0.175 e. The van der Waals surface area contributed by atoms with Crippen molar-refractivity contribution in [3.05, 3.63) is 84.9 Å². The molecule has 0 fully saturated rings. The zero-order chi connectivity index (χ0) is 16.4. The van der Waals surface area contributed by atoms with Gasteiger partial charge in [-0.25, -0.2) is 0 Å². The molecule has 0 radical (unpaired) electrons. The molecule has 0 spiro atoms. The van der Waals surface area contributed by atoms with E-state index in [1.807, 2.05) is 42.5 Å². The van der Waals surface area contributed by atoms with Crippen molar-refractivity contribution in [3.63, 3.8) is 0 Å². The molecule has 0 unspecified atom stereocenters. The van der Waals surface area contributed by atoms with E-state index in [-0.39, 0.29) is 0 Å². The van der Waals surface area contributed by atoms with E-state index in [0.717, 1.165) is 16.8 Å². The Morgan fingerprint density at radius 2 is 1.33 bits per heavy atom. The van der Waals surface area contributed by atoms with Crippen molar-refractivity contribution < 1.29 is 0 Å². The van der Waals surface area contributed by atoms with Gasteiger partial charge in [-0.05, 0) is 46.6 Å². The SMILES string of the molecule is S=C(Nc1ccc2ccccc2c1)Nc1cccc2ccccc12. The molecule has 0 aliphatic rings. The standard InChI is InChI=1S/C21H16N2S/c24-21(22-18-13-12-15-6-1-2-8-17(15)14-18)23-20-11-5-9-16-7-3-4-10-19(16)20/h1-14H,(H2,22,23,24). The third-order valence-corrected chi connectivity index (χ3v) is 4.25. The Morgan fingerprint density at radius 3 is 2.21 bits per heavy atom. The van der Waals surface area contributed by atoms with Gasteiger partial charge in [-0.15, -0.1) is 0 Å². The van der Waals surface area contributed by atoms with Crippen LogP contribution >= 0.6 is 12.2 Å². The Balaban J connectivity index is 1.57. The molecule has 0 saturated heterocycles. The van der Waals surface area contributed by atoms with Crippen molar-refractivity contribution in [3.8, 4) is 0 Å². The summed E-state index contributed by atoms with van der Waals surface area (Å²) >= 11 is 5.48. The summed E-state index contributed by atoms with van der Waals surface area (Å²) in [5.41, 5.74) is 1.98. The summed E-state index contributed by atoms with van der Waals surface area (Å²) in [5, 5.41) is 11.9. The summed E-state index contributed by atoms with van der Waals surface area (Å²) in [6.45, 7) is 0. The first-order chi connectivity index (χ1) is 11.8. The highest BCUT2D eigenvalue weighted by Gasteiger charge is 2.03. The Bertz CT molecular complexity index is 1030. The molecule has 3 heteroatoms. The molecule has 0 amide bonds. The van der Waals surface area contributed by atoms with Gasteiger partial charge in [0.15, 0.2) is 5.11 Å². The van der Waals surface area contributed by atoms with E-state index in [1.165, 1.54) is 16.2 Å². The van der Waals surface area contributed by atoms with Crippen LogP contribution in [-0.2, 0) is 0 Å². The van der Waals surface area contributed by atoms with Crippen LogP contribution in [0.4, 0.5) is 11.4 Å². The van der Waals surface area contributed by atoms with Gasteiger partial charge in [0.05, 0.1) is 0 Å². The molecule has 24 heavy (non-hydrogen) atoms. The first-order valence-electron chi connectivity index (χ1n) is 7.84. The fraction of sp³-hybridized carbons (Fsp3) is 0. The molecule has 116 valence electrons. The minimum Gasteiger partial charge on any atom is -0.332 e. The molecule has 0 atom stereocenters. The van der Waals surface area contributed by atoms with Crippen LogP contribution in [0.5, 0.6) is 0 Å². The van der Waals surface area contributed by atoms with Gasteiger partial charge < -0.3 is 10.6 Å². The van der Waals surface area contributed by atoms with Gasteiger partial charge in [0.1, 0.15) is 0 Å². The monoisotopic (exact) mass is 328 g/mol. The number of hydrogen-bond donors (Lipinski definition) is 2. The summed E-state index contributed by atoms with van der Waals surface area (Å²) in [5.74, 6) is 0. The predicted octanol–water partition coefficient (Wildman–Crippen LogP) is 5.80. The second kappa shape index (κ2) is 6.30. The smallest absolute Gasteiger partial charge is 0.175 e. The van der Waals surface area contributed by atoms with Crippen LogP contribution in [0.3, 0.4) is 0 Å². The molecule has 0 aromatic heterocycles. The van der Waals surface area contributed by atoms with E-state index in [1.54, 1.807) is 0 Å². The molecule has 0 aliphatic heterocycles. The van der Waals surface area contributed by atoms with Crippen LogP contribution in [0.15, 0.2) is 84.9 Å². The van der Waals surface area contributed by atoms with Crippen molar-refractivity contribution in [2.45, 2.75) is 0 Å². The highest BCUT2D eigenvalue weighted by molar-refractivity contribution is 7.80. The van der Waals surface area contributed by atoms with Gasteiger partial charge in [0, 0.05) is 16.8 Å². The molecule has 4 aromatic carbocycles. The Labute approximate surface area is 146 Å². The predicted molar refractivity (Wildman–Crippen MR) is 108 cm³/mol. The molecule has 0 heterocycles. The molecule has 2 nitrogen and oxygen atoms in total. The molecule has 0 aliphatic carbocycles. The number of hydrogen-bond acceptors (Lipinski definition) is 1. The average Bonchev–Trinajstić information content (AvgIpc) is 2.62. The fourth-order valence-corrected chi connectivity index (χ4v) is 3.11. The lowest BCUT2D eigenvalue weighted by molar-refractivity contribution is 1.63. The summed E-state index contributed by atoms with van der Waals surface area (Å²) in [7, 11) is 0. The molecule has 2 N–H and O–H groups in total. The van der Waals surface area contributed by atoms with Crippen LogP contribution in [0.2, 0.25) is 0 Å². The second-order valence-electron chi connectivity index (χ2n) is 5.67. The van der Waals surface area contributed by atoms with Crippen molar-refractivity contribution in [2.24, 2.45) is 0 Å². The quantitative estimate of drug-likeness (QED) is 0.455. The lowest BCUT2D eigenvalue weighted by Crippen LogP contribution is -2.19. The zero-order valence-electron chi connectivity index (χ0n) is 13.0. The summed E-state index contributed by atoms with van der Waals surface area (Å²) in [4.78, 5) is 0. The minimum absolute atomic E-state index is 0.585. The lowest BCUT2D eigenvalue weighted by atomic mass is 10.1. The fourth-order valence-electron chi connectivity index (χ4n) is 2.89. The molecular weight excluding hydrogens is 312 g/mol. The van der Waals surface area contributed by atoms with Gasteiger partial charge in [-0.1, -0.05) is 66.7 Å². The summed E-state index contributed by atoms with van der Waals surface area (Å²) in [6.07, 6.45) is 0. The molecule has 0 bridgehead atoms. The first kappa shape index (κ1) is 14.7. The third kappa shape index (κ3) is 2.94. The van der Waals surface area contributed by atoms with Gasteiger partial charge in [0.25, 0.3) is 0 Å². The maximum atomic E-state index is 5.48. The molecule has 4 aromatic rings. The first-order valence-corrected chi connectivity index (χ1v) is 8.25. The zero-order valence-corrected chi connectivity index (χ0v) is 13.8. The number of fused-ring (bicyclic) bond motifs is 2. The normalized spacial score (nSPS) is 10.7. The van der Waals surface area contributed by atoms with Crippen LogP contribution in [0, 0.1) is 0 Å². The molecular formula is C21H16N2S. The van der Waals surface area contributed by atoms with Crippen LogP contribution < -0.4 is 10.6 Å². The van der Waals surface area contributed by atoms with Crippen molar-refractivity contribution in [1.82, 2.24) is 0 Å². The third-order valence-electron chi connectivity index (χ3n) is 4.05. The summed E-state index contributed by atoms with van der Waals surface area (Å²) < 4.78 is 0. The average molecular weight is 328 g/mol. The van der Waals surface area contributed by atoms with Crippen molar-refractivity contribution in [1.29, 1.82) is 0 Å². The maximum absolute atomic E-state index is 5.48. The van der Waals surface area contributed by atoms with E-state index in [2.05, 4.69) is 53.1 Å². The van der Waals surface area contributed by atoms with Crippen LogP contribution in [-0.4, -0.2) is 5.11 Å². The Kier molecular flexibility index (Phi) is 3.85. The topological polar surface area (TPSA) is 24.1 Å². The van der Waals surface area contributed by atoms with Crippen molar-refractivity contribution >= 4 is 50.2 Å². The highest BCUT2D eigenvalue weighted by atomic mass is 32.1. The Hall–Kier alpha value is -2.91. The van der Waals surface area contributed by atoms with Crippen LogP contribution in [0.25, 0.3) is 21.5 Å². The van der Waals surface area contributed by atoms with Gasteiger partial charge in [0.2, 0.25) is 0 Å². The summed E-state index contributed by atoms with van der Waals surface area (Å²) in [6, 6.07) is 29.0. The number of thiocarbonyl (C=S) groups is 1. The van der Waals surface area contributed by atoms with E-state index < -0.39 is 0 Å². The van der Waals surface area contributed by atoms with Gasteiger partial charge in [-0.3, -0.25) is 0 Å². The van der Waals surface area contributed by atoms with Crippen molar-refractivity contribution in [2.75, 3.05) is 10.6 Å². The van der Waals surface area contributed by atoms with E-state index in [0.29, 0.717) is 5.11 Å². The second-order valence-corrected chi connectivity index (χ2v) is 6.08. The van der Waals surface area contributed by atoms with Gasteiger partial charge in [-0.2, -0.15) is 0 Å². The van der Waals surface area contributed by atoms with E-state index in [9.17, 15) is 0 Å². The number of benzene rings is 4. The lowest BCUT2D eigenvalue weighted by Gasteiger charge is -2.13. The highest BCUT2D eigenvalue weighted by Crippen LogP contribution is 2.24. The number of rotatable bonds is 2. The van der Waals surface area contributed by atoms with E-state index in [4.69, 9.17) is 12.2 Å². The molecule has 4 rings (SSSR count).